The second kappa shape index (κ2) is 9.79. The van der Waals surface area contributed by atoms with Crippen LogP contribution in [0.25, 0.3) is 0 Å². The first-order chi connectivity index (χ1) is 10.5. The average molecular weight is 467 g/mol. The largest absolute Gasteiger partial charge is 0.475 e. The Labute approximate surface area is 162 Å². The topological polar surface area (TPSA) is 72.5 Å². The van der Waals surface area contributed by atoms with Gasteiger partial charge in [-0.1, -0.05) is 35.3 Å². The van der Waals surface area contributed by atoms with Crippen molar-refractivity contribution < 1.29 is 4.74 Å². The van der Waals surface area contributed by atoms with E-state index in [1.165, 1.54) is 6.20 Å². The number of nitrogens with one attached hydrogen (secondary N) is 1. The summed E-state index contributed by atoms with van der Waals surface area (Å²) in [6, 6.07) is 9.43. The summed E-state index contributed by atoms with van der Waals surface area (Å²) in [7, 11) is 0. The van der Waals surface area contributed by atoms with Crippen LogP contribution in [0.15, 0.2) is 41.5 Å². The third kappa shape index (κ3) is 6.80. The lowest BCUT2D eigenvalue weighted by atomic mass is 10.2. The highest BCUT2D eigenvalue weighted by molar-refractivity contribution is 14.0. The van der Waals surface area contributed by atoms with Crippen molar-refractivity contribution >= 4 is 58.8 Å². The fourth-order valence-electron chi connectivity index (χ4n) is 1.73. The molecule has 0 bridgehead atoms. The van der Waals surface area contributed by atoms with E-state index in [1.54, 1.807) is 6.07 Å². The van der Waals surface area contributed by atoms with E-state index in [9.17, 15) is 0 Å². The molecular formula is C15H17Cl2IN4O. The molecule has 0 radical (unpaired) electrons. The Morgan fingerprint density at radius 3 is 2.83 bits per heavy atom. The minimum absolute atomic E-state index is 0. The van der Waals surface area contributed by atoms with Crippen molar-refractivity contribution in [1.82, 2.24) is 4.98 Å². The van der Waals surface area contributed by atoms with E-state index in [0.29, 0.717) is 35.0 Å². The Morgan fingerprint density at radius 2 is 2.13 bits per heavy atom. The average Bonchev–Trinajstić information content (AvgIpc) is 2.45. The van der Waals surface area contributed by atoms with Crippen LogP contribution in [0, 0.1) is 6.92 Å². The molecule has 2 rings (SSSR count). The van der Waals surface area contributed by atoms with Crippen molar-refractivity contribution in [3.8, 4) is 5.88 Å². The normalized spacial score (nSPS) is 10.8. The number of guanidine groups is 1. The predicted octanol–water partition coefficient (Wildman–Crippen LogP) is 4.12. The second-order valence-electron chi connectivity index (χ2n) is 4.55. The van der Waals surface area contributed by atoms with Gasteiger partial charge in [0, 0.05) is 11.9 Å². The molecular weight excluding hydrogens is 450 g/mol. The number of aliphatic imine (C=N–C) groups is 1. The van der Waals surface area contributed by atoms with E-state index < -0.39 is 0 Å². The molecule has 0 amide bonds. The molecule has 0 saturated carbocycles. The molecule has 0 aliphatic carbocycles. The monoisotopic (exact) mass is 466 g/mol. The van der Waals surface area contributed by atoms with Crippen LogP contribution in [-0.4, -0.2) is 24.1 Å². The van der Waals surface area contributed by atoms with Crippen LogP contribution in [0.1, 0.15) is 5.56 Å². The van der Waals surface area contributed by atoms with Crippen LogP contribution >= 0.6 is 47.2 Å². The molecule has 0 aliphatic rings. The Kier molecular flexibility index (Phi) is 8.43. The van der Waals surface area contributed by atoms with E-state index in [1.807, 2.05) is 31.2 Å². The highest BCUT2D eigenvalue weighted by atomic mass is 127. The fraction of sp³-hybridized carbons (Fsp3) is 0.200. The van der Waals surface area contributed by atoms with Crippen LogP contribution in [0.4, 0.5) is 5.69 Å². The molecule has 0 atom stereocenters. The number of benzene rings is 1. The maximum atomic E-state index is 5.95. The molecule has 124 valence electrons. The standard InChI is InChI=1S/C15H16Cl2N4O.HI/c1-10-3-2-4-12(7-10)21-15(18)19-5-6-22-14-13(17)8-11(16)9-20-14;/h2-4,7-9H,5-6H2,1H3,(H3,18,19,21);1H. The van der Waals surface area contributed by atoms with Gasteiger partial charge in [0.05, 0.1) is 11.6 Å². The summed E-state index contributed by atoms with van der Waals surface area (Å²) in [5.41, 5.74) is 7.85. The van der Waals surface area contributed by atoms with Gasteiger partial charge >= 0.3 is 0 Å². The summed E-state index contributed by atoms with van der Waals surface area (Å²) in [5.74, 6) is 0.649. The number of nitrogens with zero attached hydrogens (tertiary/aromatic N) is 2. The molecule has 0 fully saturated rings. The number of aryl methyl sites for hydroxylation is 1. The maximum absolute atomic E-state index is 5.95. The minimum atomic E-state index is 0. The van der Waals surface area contributed by atoms with Gasteiger partial charge in [0.15, 0.2) is 5.96 Å². The van der Waals surface area contributed by atoms with Gasteiger partial charge in [-0.05, 0) is 30.7 Å². The third-order valence-corrected chi connectivity index (χ3v) is 3.15. The zero-order valence-electron chi connectivity index (χ0n) is 12.4. The first-order valence-corrected chi connectivity index (χ1v) is 7.37. The van der Waals surface area contributed by atoms with Crippen molar-refractivity contribution in [1.29, 1.82) is 0 Å². The second-order valence-corrected chi connectivity index (χ2v) is 5.39. The number of rotatable bonds is 5. The predicted molar refractivity (Wildman–Crippen MR) is 106 cm³/mol. The van der Waals surface area contributed by atoms with E-state index in [4.69, 9.17) is 33.7 Å². The molecule has 0 spiro atoms. The molecule has 23 heavy (non-hydrogen) atoms. The third-order valence-electron chi connectivity index (χ3n) is 2.68. The number of nitrogens with two attached hydrogens (primary N) is 1. The molecule has 0 saturated heterocycles. The van der Waals surface area contributed by atoms with Gasteiger partial charge in [0.1, 0.15) is 11.6 Å². The number of halogens is 3. The maximum Gasteiger partial charge on any atom is 0.232 e. The summed E-state index contributed by atoms with van der Waals surface area (Å²) in [6.45, 7) is 2.70. The van der Waals surface area contributed by atoms with Gasteiger partial charge in [0.25, 0.3) is 0 Å². The zero-order chi connectivity index (χ0) is 15.9. The Morgan fingerprint density at radius 1 is 1.35 bits per heavy atom. The molecule has 1 aromatic heterocycles. The van der Waals surface area contributed by atoms with Crippen molar-refractivity contribution in [3.63, 3.8) is 0 Å². The van der Waals surface area contributed by atoms with Gasteiger partial charge in [-0.15, -0.1) is 24.0 Å². The summed E-state index contributed by atoms with van der Waals surface area (Å²) in [5, 5.41) is 3.84. The number of ether oxygens (including phenoxy) is 1. The van der Waals surface area contributed by atoms with Gasteiger partial charge in [0.2, 0.25) is 5.88 Å². The molecule has 0 aliphatic heterocycles. The summed E-state index contributed by atoms with van der Waals surface area (Å²) in [4.78, 5) is 8.16. The highest BCUT2D eigenvalue weighted by Gasteiger charge is 2.03. The molecule has 3 N–H and O–H groups in total. The van der Waals surface area contributed by atoms with E-state index in [-0.39, 0.29) is 24.0 Å². The van der Waals surface area contributed by atoms with Gasteiger partial charge in [-0.3, -0.25) is 0 Å². The van der Waals surface area contributed by atoms with Crippen LogP contribution < -0.4 is 15.8 Å². The van der Waals surface area contributed by atoms with Gasteiger partial charge in [-0.25, -0.2) is 9.98 Å². The smallest absolute Gasteiger partial charge is 0.232 e. The minimum Gasteiger partial charge on any atom is -0.475 e. The number of anilines is 1. The number of hydrogen-bond acceptors (Lipinski definition) is 3. The first kappa shape index (κ1) is 19.8. The molecule has 0 unspecified atom stereocenters. The Bertz CT molecular complexity index is 682. The molecule has 2 aromatic rings. The zero-order valence-corrected chi connectivity index (χ0v) is 16.3. The molecule has 5 nitrogen and oxygen atoms in total. The van der Waals surface area contributed by atoms with Crippen molar-refractivity contribution in [3.05, 3.63) is 52.1 Å². The number of aromatic nitrogens is 1. The fourth-order valence-corrected chi connectivity index (χ4v) is 2.16. The summed E-state index contributed by atoms with van der Waals surface area (Å²) in [6.07, 6.45) is 1.47. The van der Waals surface area contributed by atoms with Crippen LogP contribution in [0.3, 0.4) is 0 Å². The van der Waals surface area contributed by atoms with Crippen LogP contribution in [-0.2, 0) is 0 Å². The SMILES string of the molecule is Cc1cccc(NC(N)=NCCOc2ncc(Cl)cc2Cl)c1.I. The van der Waals surface area contributed by atoms with E-state index >= 15 is 0 Å². The van der Waals surface area contributed by atoms with Gasteiger partial charge in [-0.2, -0.15) is 0 Å². The number of pyridine rings is 1. The lowest BCUT2D eigenvalue weighted by Crippen LogP contribution is -2.23. The molecule has 8 heteroatoms. The van der Waals surface area contributed by atoms with Crippen molar-refractivity contribution in [2.75, 3.05) is 18.5 Å². The van der Waals surface area contributed by atoms with E-state index in [2.05, 4.69) is 15.3 Å². The summed E-state index contributed by atoms with van der Waals surface area (Å²) < 4.78 is 5.42. The lowest BCUT2D eigenvalue weighted by Gasteiger charge is -2.07. The molecule has 1 aromatic carbocycles. The molecule has 1 heterocycles. The summed E-state index contributed by atoms with van der Waals surface area (Å²) >= 11 is 11.7. The Balaban J connectivity index is 0.00000264. The lowest BCUT2D eigenvalue weighted by molar-refractivity contribution is 0.316. The first-order valence-electron chi connectivity index (χ1n) is 6.62. The Hall–Kier alpha value is -1.25. The quantitative estimate of drug-likeness (QED) is 0.301. The van der Waals surface area contributed by atoms with Gasteiger partial charge < -0.3 is 15.8 Å². The van der Waals surface area contributed by atoms with E-state index in [0.717, 1.165) is 11.3 Å². The number of hydrogen-bond donors (Lipinski definition) is 2. The van der Waals surface area contributed by atoms with Crippen molar-refractivity contribution in [2.45, 2.75) is 6.92 Å². The van der Waals surface area contributed by atoms with Crippen molar-refractivity contribution in [2.24, 2.45) is 10.7 Å². The van der Waals surface area contributed by atoms with Crippen LogP contribution in [0.2, 0.25) is 10.0 Å². The van der Waals surface area contributed by atoms with Crippen LogP contribution in [0.5, 0.6) is 5.88 Å². The highest BCUT2D eigenvalue weighted by Crippen LogP contribution is 2.24.